The normalized spacial score (nSPS) is 17.6. The van der Waals surface area contributed by atoms with E-state index in [2.05, 4.69) is 18.2 Å². The molecule has 0 bridgehead atoms. The molecule has 0 spiro atoms. The molecule has 2 heterocycles. The van der Waals surface area contributed by atoms with Crippen LogP contribution >= 0.6 is 11.6 Å². The van der Waals surface area contributed by atoms with Gasteiger partial charge in [-0.15, -0.1) is 0 Å². The van der Waals surface area contributed by atoms with Gasteiger partial charge in [-0.25, -0.2) is 0 Å². The third-order valence-electron chi connectivity index (χ3n) is 4.83. The number of amides is 1. The molecule has 1 saturated heterocycles. The standard InChI is InChI=1S/C21H25ClN2O/c1-3-21(25)24-9-5-7-18(14-24)20-13-17(10-15(2)23-20)11-16-6-4-8-19(22)12-16/h4,6,8,10,12-13,18H,3,5,7,9,11,14H2,1-2H3/t18-/m0/s1. The van der Waals surface area contributed by atoms with E-state index < -0.39 is 0 Å². The van der Waals surface area contributed by atoms with E-state index in [0.29, 0.717) is 12.3 Å². The molecule has 0 aliphatic carbocycles. The monoisotopic (exact) mass is 356 g/mol. The van der Waals surface area contributed by atoms with Crippen LogP contribution in [0.5, 0.6) is 0 Å². The summed E-state index contributed by atoms with van der Waals surface area (Å²) in [4.78, 5) is 18.8. The Morgan fingerprint density at radius 2 is 2.12 bits per heavy atom. The fraction of sp³-hybridized carbons (Fsp3) is 0.429. The Balaban J connectivity index is 1.80. The molecule has 1 amide bonds. The van der Waals surface area contributed by atoms with E-state index in [1.54, 1.807) is 0 Å². The van der Waals surface area contributed by atoms with Gasteiger partial charge >= 0.3 is 0 Å². The van der Waals surface area contributed by atoms with Gasteiger partial charge < -0.3 is 4.90 Å². The zero-order valence-electron chi connectivity index (χ0n) is 15.0. The number of likely N-dealkylation sites (tertiary alicyclic amines) is 1. The average Bonchev–Trinajstić information content (AvgIpc) is 2.60. The summed E-state index contributed by atoms with van der Waals surface area (Å²) in [5.74, 6) is 0.582. The molecule has 4 heteroatoms. The summed E-state index contributed by atoms with van der Waals surface area (Å²) in [6.45, 7) is 5.65. The number of hydrogen-bond donors (Lipinski definition) is 0. The van der Waals surface area contributed by atoms with Crippen molar-refractivity contribution >= 4 is 17.5 Å². The lowest BCUT2D eigenvalue weighted by Crippen LogP contribution is -2.38. The molecule has 25 heavy (non-hydrogen) atoms. The number of hydrogen-bond acceptors (Lipinski definition) is 2. The maximum atomic E-state index is 12.0. The highest BCUT2D eigenvalue weighted by Crippen LogP contribution is 2.27. The fourth-order valence-electron chi connectivity index (χ4n) is 3.63. The Hall–Kier alpha value is -1.87. The highest BCUT2D eigenvalue weighted by Gasteiger charge is 2.25. The minimum atomic E-state index is 0.247. The molecule has 1 aliphatic heterocycles. The number of pyridine rings is 1. The largest absolute Gasteiger partial charge is 0.342 e. The zero-order valence-corrected chi connectivity index (χ0v) is 15.7. The highest BCUT2D eigenvalue weighted by atomic mass is 35.5. The van der Waals surface area contributed by atoms with Gasteiger partial charge in [0.05, 0.1) is 0 Å². The van der Waals surface area contributed by atoms with Gasteiger partial charge in [0, 0.05) is 41.8 Å². The van der Waals surface area contributed by atoms with Crippen LogP contribution in [0, 0.1) is 6.92 Å². The van der Waals surface area contributed by atoms with Gasteiger partial charge in [0.15, 0.2) is 0 Å². The second-order valence-corrected chi connectivity index (χ2v) is 7.32. The summed E-state index contributed by atoms with van der Waals surface area (Å²) < 4.78 is 0. The van der Waals surface area contributed by atoms with Crippen molar-refractivity contribution < 1.29 is 4.79 Å². The number of halogens is 1. The molecule has 3 rings (SSSR count). The van der Waals surface area contributed by atoms with Crippen molar-refractivity contribution in [3.8, 4) is 0 Å². The summed E-state index contributed by atoms with van der Waals surface area (Å²) in [5, 5.41) is 0.768. The topological polar surface area (TPSA) is 33.2 Å². The molecule has 0 N–H and O–H groups in total. The minimum absolute atomic E-state index is 0.247. The number of carbonyl (C=O) groups is 1. The first-order chi connectivity index (χ1) is 12.0. The molecule has 0 saturated carbocycles. The van der Waals surface area contributed by atoms with E-state index in [4.69, 9.17) is 16.6 Å². The predicted octanol–water partition coefficient (Wildman–Crippen LogP) is 4.75. The molecule has 2 aromatic rings. The number of rotatable bonds is 4. The van der Waals surface area contributed by atoms with Gasteiger partial charge in [-0.05, 0) is 61.6 Å². The fourth-order valence-corrected chi connectivity index (χ4v) is 3.84. The van der Waals surface area contributed by atoms with E-state index in [9.17, 15) is 4.79 Å². The number of piperidine rings is 1. The second kappa shape index (κ2) is 8.01. The lowest BCUT2D eigenvalue weighted by molar-refractivity contribution is -0.132. The van der Waals surface area contributed by atoms with Crippen LogP contribution in [0.25, 0.3) is 0 Å². The Morgan fingerprint density at radius 3 is 2.88 bits per heavy atom. The Kier molecular flexibility index (Phi) is 5.74. The molecule has 1 fully saturated rings. The van der Waals surface area contributed by atoms with E-state index in [-0.39, 0.29) is 5.91 Å². The quantitative estimate of drug-likeness (QED) is 0.792. The number of carbonyl (C=O) groups excluding carboxylic acids is 1. The zero-order chi connectivity index (χ0) is 17.8. The van der Waals surface area contributed by atoms with Crippen molar-refractivity contribution in [3.05, 3.63) is 63.9 Å². The first-order valence-corrected chi connectivity index (χ1v) is 9.42. The molecular formula is C21H25ClN2O. The van der Waals surface area contributed by atoms with Crippen LogP contribution < -0.4 is 0 Å². The molecular weight excluding hydrogens is 332 g/mol. The van der Waals surface area contributed by atoms with Crippen LogP contribution in [0.3, 0.4) is 0 Å². The number of aryl methyl sites for hydroxylation is 1. The van der Waals surface area contributed by atoms with Crippen molar-refractivity contribution in [2.45, 2.75) is 45.4 Å². The van der Waals surface area contributed by atoms with Gasteiger partial charge in [0.1, 0.15) is 0 Å². The van der Waals surface area contributed by atoms with Gasteiger partial charge in [-0.1, -0.05) is 30.7 Å². The first kappa shape index (κ1) is 17.9. The highest BCUT2D eigenvalue weighted by molar-refractivity contribution is 6.30. The maximum absolute atomic E-state index is 12.0. The first-order valence-electron chi connectivity index (χ1n) is 9.05. The van der Waals surface area contributed by atoms with Gasteiger partial charge in [-0.3, -0.25) is 9.78 Å². The van der Waals surface area contributed by atoms with Crippen LogP contribution in [0.1, 0.15) is 54.6 Å². The molecule has 0 unspecified atom stereocenters. The number of aromatic nitrogens is 1. The molecule has 1 aliphatic rings. The van der Waals surface area contributed by atoms with Crippen LogP contribution in [0.15, 0.2) is 36.4 Å². The number of nitrogens with zero attached hydrogens (tertiary/aromatic N) is 2. The van der Waals surface area contributed by atoms with E-state index in [1.807, 2.05) is 36.9 Å². The Labute approximate surface area is 155 Å². The van der Waals surface area contributed by atoms with Gasteiger partial charge in [-0.2, -0.15) is 0 Å². The van der Waals surface area contributed by atoms with Crippen LogP contribution in [0.4, 0.5) is 0 Å². The van der Waals surface area contributed by atoms with Crippen molar-refractivity contribution in [2.75, 3.05) is 13.1 Å². The average molecular weight is 357 g/mol. The Morgan fingerprint density at radius 1 is 1.28 bits per heavy atom. The second-order valence-electron chi connectivity index (χ2n) is 6.88. The van der Waals surface area contributed by atoms with Crippen LogP contribution in [-0.2, 0) is 11.2 Å². The lowest BCUT2D eigenvalue weighted by Gasteiger charge is -2.32. The molecule has 1 aromatic heterocycles. The summed E-state index contributed by atoms with van der Waals surface area (Å²) in [7, 11) is 0. The maximum Gasteiger partial charge on any atom is 0.222 e. The smallest absolute Gasteiger partial charge is 0.222 e. The SMILES string of the molecule is CCC(=O)N1CCC[C@H](c2cc(Cc3cccc(Cl)c3)cc(C)n2)C1. The summed E-state index contributed by atoms with van der Waals surface area (Å²) >= 11 is 6.10. The van der Waals surface area contributed by atoms with Gasteiger partial charge in [0.2, 0.25) is 5.91 Å². The summed E-state index contributed by atoms with van der Waals surface area (Å²) in [6.07, 6.45) is 3.57. The summed E-state index contributed by atoms with van der Waals surface area (Å²) in [5.41, 5.74) is 4.61. The minimum Gasteiger partial charge on any atom is -0.342 e. The van der Waals surface area contributed by atoms with Crippen LogP contribution in [-0.4, -0.2) is 28.9 Å². The van der Waals surface area contributed by atoms with Crippen molar-refractivity contribution in [2.24, 2.45) is 0 Å². The van der Waals surface area contributed by atoms with Crippen molar-refractivity contribution in [3.63, 3.8) is 0 Å². The molecule has 0 radical (unpaired) electrons. The van der Waals surface area contributed by atoms with Crippen LogP contribution in [0.2, 0.25) is 5.02 Å². The van der Waals surface area contributed by atoms with Crippen molar-refractivity contribution in [1.82, 2.24) is 9.88 Å². The molecule has 132 valence electrons. The third-order valence-corrected chi connectivity index (χ3v) is 5.06. The molecule has 1 atom stereocenters. The number of benzene rings is 1. The van der Waals surface area contributed by atoms with E-state index in [0.717, 1.165) is 48.8 Å². The summed E-state index contributed by atoms with van der Waals surface area (Å²) in [6, 6.07) is 12.3. The Bertz CT molecular complexity index is 759. The molecule has 1 aromatic carbocycles. The molecule has 3 nitrogen and oxygen atoms in total. The van der Waals surface area contributed by atoms with Gasteiger partial charge in [0.25, 0.3) is 0 Å². The predicted molar refractivity (Wildman–Crippen MR) is 102 cm³/mol. The lowest BCUT2D eigenvalue weighted by atomic mass is 9.92. The van der Waals surface area contributed by atoms with E-state index >= 15 is 0 Å². The van der Waals surface area contributed by atoms with E-state index in [1.165, 1.54) is 11.1 Å². The third kappa shape index (κ3) is 4.60. The van der Waals surface area contributed by atoms with Crippen molar-refractivity contribution in [1.29, 1.82) is 0 Å².